The summed E-state index contributed by atoms with van der Waals surface area (Å²) in [6, 6.07) is 13.1. The molecule has 3 rings (SSSR count). The maximum absolute atomic E-state index is 13.0. The minimum Gasteiger partial charge on any atom is -0.491 e. The first-order chi connectivity index (χ1) is 12.0. The fourth-order valence-corrected chi connectivity index (χ4v) is 2.98. The summed E-state index contributed by atoms with van der Waals surface area (Å²) in [6.07, 6.45) is 0.332. The Kier molecular flexibility index (Phi) is 4.74. The number of nitrogens with zero attached hydrogens (tertiary/aromatic N) is 2. The fraction of sp³-hybridized carbons (Fsp3) is 0.300. The van der Waals surface area contributed by atoms with Crippen LogP contribution in [0.5, 0.6) is 5.75 Å². The summed E-state index contributed by atoms with van der Waals surface area (Å²) in [7, 11) is 1.71. The molecule has 1 aliphatic rings. The molecule has 2 aromatic carbocycles. The highest BCUT2D eigenvalue weighted by Crippen LogP contribution is 2.32. The first-order valence-electron chi connectivity index (χ1n) is 8.43. The van der Waals surface area contributed by atoms with Crippen molar-refractivity contribution in [3.8, 4) is 5.75 Å². The number of carbonyl (C=O) groups excluding carboxylic acids is 2. The second-order valence-electron chi connectivity index (χ2n) is 6.12. The molecule has 0 N–H and O–H groups in total. The zero-order valence-electron chi connectivity index (χ0n) is 14.8. The number of hydrogen-bond acceptors (Lipinski definition) is 3. The second-order valence-corrected chi connectivity index (χ2v) is 6.12. The predicted octanol–water partition coefficient (Wildman–Crippen LogP) is 3.41. The summed E-state index contributed by atoms with van der Waals surface area (Å²) in [5.74, 6) is 0.513. The van der Waals surface area contributed by atoms with Gasteiger partial charge < -0.3 is 14.5 Å². The van der Waals surface area contributed by atoms with Crippen LogP contribution in [0.2, 0.25) is 0 Å². The number of ether oxygens (including phenoxy) is 1. The number of anilines is 2. The molecule has 5 heteroatoms. The quantitative estimate of drug-likeness (QED) is 0.862. The molecule has 0 radical (unpaired) electrons. The van der Waals surface area contributed by atoms with Crippen molar-refractivity contribution in [2.45, 2.75) is 20.3 Å². The Balaban J connectivity index is 1.97. The molecule has 2 aromatic rings. The van der Waals surface area contributed by atoms with E-state index in [1.54, 1.807) is 35.0 Å². The lowest BCUT2D eigenvalue weighted by Gasteiger charge is -2.23. The molecule has 0 saturated carbocycles. The van der Waals surface area contributed by atoms with E-state index in [-0.39, 0.29) is 11.8 Å². The van der Waals surface area contributed by atoms with E-state index >= 15 is 0 Å². The van der Waals surface area contributed by atoms with Crippen LogP contribution in [0.1, 0.15) is 29.3 Å². The molecule has 25 heavy (non-hydrogen) atoms. The van der Waals surface area contributed by atoms with E-state index in [0.29, 0.717) is 36.6 Å². The van der Waals surface area contributed by atoms with Gasteiger partial charge in [-0.15, -0.1) is 0 Å². The van der Waals surface area contributed by atoms with Crippen LogP contribution in [0, 0.1) is 6.92 Å². The second kappa shape index (κ2) is 6.97. The third-order valence-electron chi connectivity index (χ3n) is 4.39. The van der Waals surface area contributed by atoms with Gasteiger partial charge in [0.1, 0.15) is 5.75 Å². The minimum atomic E-state index is -0.0963. The van der Waals surface area contributed by atoms with Gasteiger partial charge in [-0.1, -0.05) is 12.1 Å². The van der Waals surface area contributed by atoms with E-state index in [4.69, 9.17) is 4.74 Å². The van der Waals surface area contributed by atoms with Gasteiger partial charge in [-0.2, -0.15) is 0 Å². The Labute approximate surface area is 147 Å². The molecule has 0 aromatic heterocycles. The third kappa shape index (κ3) is 3.36. The van der Waals surface area contributed by atoms with Crippen LogP contribution in [0.15, 0.2) is 42.5 Å². The lowest BCUT2D eigenvalue weighted by molar-refractivity contribution is -0.118. The number of benzene rings is 2. The molecule has 0 bridgehead atoms. The van der Waals surface area contributed by atoms with Crippen molar-refractivity contribution in [3.05, 3.63) is 53.6 Å². The largest absolute Gasteiger partial charge is 0.491 e. The van der Waals surface area contributed by atoms with Crippen molar-refractivity contribution < 1.29 is 14.3 Å². The van der Waals surface area contributed by atoms with E-state index in [2.05, 4.69) is 0 Å². The maximum atomic E-state index is 13.0. The highest BCUT2D eigenvalue weighted by Gasteiger charge is 2.23. The van der Waals surface area contributed by atoms with E-state index in [0.717, 1.165) is 11.3 Å². The van der Waals surface area contributed by atoms with Crippen molar-refractivity contribution >= 4 is 23.2 Å². The average Bonchev–Trinajstić information content (AvgIpc) is 2.74. The summed E-state index contributed by atoms with van der Waals surface area (Å²) in [4.78, 5) is 28.4. The van der Waals surface area contributed by atoms with Crippen molar-refractivity contribution in [1.82, 2.24) is 0 Å². The van der Waals surface area contributed by atoms with Crippen molar-refractivity contribution in [1.29, 1.82) is 0 Å². The van der Waals surface area contributed by atoms with Gasteiger partial charge in [-0.05, 0) is 49.7 Å². The Morgan fingerprint density at radius 1 is 1.24 bits per heavy atom. The van der Waals surface area contributed by atoms with Crippen LogP contribution in [-0.2, 0) is 4.79 Å². The molecule has 0 unspecified atom stereocenters. The van der Waals surface area contributed by atoms with Gasteiger partial charge >= 0.3 is 0 Å². The van der Waals surface area contributed by atoms with Crippen molar-refractivity contribution in [2.24, 2.45) is 0 Å². The molecular formula is C20H22N2O3. The van der Waals surface area contributed by atoms with Gasteiger partial charge in [0.25, 0.3) is 5.91 Å². The molecule has 0 saturated heterocycles. The molecule has 0 spiro atoms. The van der Waals surface area contributed by atoms with Crippen LogP contribution in [0.3, 0.4) is 0 Å². The Hall–Kier alpha value is -2.82. The molecule has 130 valence electrons. The third-order valence-corrected chi connectivity index (χ3v) is 4.39. The van der Waals surface area contributed by atoms with Gasteiger partial charge in [0.2, 0.25) is 5.91 Å². The topological polar surface area (TPSA) is 49.9 Å². The Morgan fingerprint density at radius 3 is 2.76 bits per heavy atom. The standard InChI is InChI=1S/C20H22N2O3/c1-4-22(16-7-5-6-14(2)12-16)20(24)15-8-9-18-17(13-15)21(3)19(23)10-11-25-18/h5-9,12-13H,4,10-11H2,1-3H3. The first kappa shape index (κ1) is 17.0. The molecule has 2 amide bonds. The summed E-state index contributed by atoms with van der Waals surface area (Å²) in [5.41, 5.74) is 3.13. The highest BCUT2D eigenvalue weighted by molar-refractivity contribution is 6.07. The number of amides is 2. The number of hydrogen-bond donors (Lipinski definition) is 0. The number of rotatable bonds is 3. The van der Waals surface area contributed by atoms with Gasteiger partial charge in [0, 0.05) is 24.8 Å². The van der Waals surface area contributed by atoms with Crippen LogP contribution in [-0.4, -0.2) is 32.0 Å². The molecule has 0 atom stereocenters. The fourth-order valence-electron chi connectivity index (χ4n) is 2.98. The van der Waals surface area contributed by atoms with Crippen LogP contribution in [0.25, 0.3) is 0 Å². The zero-order chi connectivity index (χ0) is 18.0. The normalized spacial score (nSPS) is 13.7. The van der Waals surface area contributed by atoms with Crippen LogP contribution >= 0.6 is 0 Å². The summed E-state index contributed by atoms with van der Waals surface area (Å²) in [5, 5.41) is 0. The Bertz CT molecular complexity index is 816. The van der Waals surface area contributed by atoms with Gasteiger partial charge in [-0.3, -0.25) is 9.59 Å². The molecule has 5 nitrogen and oxygen atoms in total. The SMILES string of the molecule is CCN(C(=O)c1ccc2c(c1)N(C)C(=O)CCO2)c1cccc(C)c1. The smallest absolute Gasteiger partial charge is 0.258 e. The first-order valence-corrected chi connectivity index (χ1v) is 8.43. The predicted molar refractivity (Wildman–Crippen MR) is 98.5 cm³/mol. The van der Waals surface area contributed by atoms with Crippen LogP contribution in [0.4, 0.5) is 11.4 Å². The van der Waals surface area contributed by atoms with E-state index in [9.17, 15) is 9.59 Å². The maximum Gasteiger partial charge on any atom is 0.258 e. The molecule has 0 aliphatic carbocycles. The summed E-state index contributed by atoms with van der Waals surface area (Å²) < 4.78 is 5.62. The molecule has 1 heterocycles. The monoisotopic (exact) mass is 338 g/mol. The lowest BCUT2D eigenvalue weighted by Crippen LogP contribution is -2.31. The average molecular weight is 338 g/mol. The van der Waals surface area contributed by atoms with Gasteiger partial charge in [-0.25, -0.2) is 0 Å². The van der Waals surface area contributed by atoms with E-state index in [1.165, 1.54) is 0 Å². The molecule has 1 aliphatic heterocycles. The number of carbonyl (C=O) groups is 2. The molecule has 0 fully saturated rings. The number of fused-ring (bicyclic) bond motifs is 1. The highest BCUT2D eigenvalue weighted by atomic mass is 16.5. The molecular weight excluding hydrogens is 316 g/mol. The van der Waals surface area contributed by atoms with E-state index in [1.807, 2.05) is 38.1 Å². The number of aryl methyl sites for hydroxylation is 1. The summed E-state index contributed by atoms with van der Waals surface area (Å²) >= 11 is 0. The minimum absolute atomic E-state index is 0.0191. The van der Waals surface area contributed by atoms with Gasteiger partial charge in [0.05, 0.1) is 18.7 Å². The van der Waals surface area contributed by atoms with Crippen molar-refractivity contribution in [3.63, 3.8) is 0 Å². The lowest BCUT2D eigenvalue weighted by atomic mass is 10.1. The van der Waals surface area contributed by atoms with Crippen LogP contribution < -0.4 is 14.5 Å². The zero-order valence-corrected chi connectivity index (χ0v) is 14.8. The summed E-state index contributed by atoms with van der Waals surface area (Å²) in [6.45, 7) is 4.86. The van der Waals surface area contributed by atoms with Crippen molar-refractivity contribution in [2.75, 3.05) is 30.0 Å². The van der Waals surface area contributed by atoms with Gasteiger partial charge in [0.15, 0.2) is 0 Å². The Morgan fingerprint density at radius 2 is 2.04 bits per heavy atom. The van der Waals surface area contributed by atoms with E-state index < -0.39 is 0 Å².